The van der Waals surface area contributed by atoms with Crippen LogP contribution in [-0.4, -0.2) is 5.21 Å². The number of aryl methyl sites for hydroxylation is 1. The SMILES string of the molecule is CC.Cc1ccc[n+](O)c1. The zero-order chi connectivity index (χ0) is 7.98. The first-order chi connectivity index (χ1) is 4.79. The fraction of sp³-hybridized carbons (Fsp3) is 0.375. The lowest BCUT2D eigenvalue weighted by Crippen LogP contribution is -2.28. The molecule has 1 aromatic rings. The van der Waals surface area contributed by atoms with Crippen LogP contribution in [0.5, 0.6) is 0 Å². The van der Waals surface area contributed by atoms with Gasteiger partial charge in [-0.3, -0.25) is 5.21 Å². The standard InChI is InChI=1S/C6H8NO.C2H6/c1-6-3-2-4-7(8)5-6;1-2/h2-5,8H,1H3;1-2H3/q+1;. The molecule has 1 heterocycles. The maximum atomic E-state index is 8.73. The van der Waals surface area contributed by atoms with Crippen LogP contribution >= 0.6 is 0 Å². The number of hydrogen-bond donors (Lipinski definition) is 1. The summed E-state index contributed by atoms with van der Waals surface area (Å²) in [6.45, 7) is 5.92. The Morgan fingerprint density at radius 1 is 1.40 bits per heavy atom. The van der Waals surface area contributed by atoms with E-state index in [2.05, 4.69) is 0 Å². The summed E-state index contributed by atoms with van der Waals surface area (Å²) in [5.41, 5.74) is 1.05. The van der Waals surface area contributed by atoms with Gasteiger partial charge in [0.25, 0.3) is 0 Å². The number of rotatable bonds is 0. The molecule has 56 valence electrons. The Bertz CT molecular complexity index is 169. The molecule has 1 aromatic heterocycles. The molecule has 0 aliphatic heterocycles. The van der Waals surface area contributed by atoms with Gasteiger partial charge in [-0.25, -0.2) is 0 Å². The number of hydrogen-bond acceptors (Lipinski definition) is 1. The Morgan fingerprint density at radius 3 is 2.30 bits per heavy atom. The van der Waals surface area contributed by atoms with Gasteiger partial charge in [-0.1, -0.05) is 13.8 Å². The highest BCUT2D eigenvalue weighted by atomic mass is 16.5. The van der Waals surface area contributed by atoms with Gasteiger partial charge >= 0.3 is 0 Å². The molecule has 0 aliphatic rings. The summed E-state index contributed by atoms with van der Waals surface area (Å²) >= 11 is 0. The third kappa shape index (κ3) is 3.07. The zero-order valence-corrected chi connectivity index (χ0v) is 6.70. The average molecular weight is 140 g/mol. The molecule has 0 amide bonds. The van der Waals surface area contributed by atoms with Gasteiger partial charge in [0.2, 0.25) is 12.4 Å². The van der Waals surface area contributed by atoms with Crippen LogP contribution in [0.25, 0.3) is 0 Å². The van der Waals surface area contributed by atoms with Crippen LogP contribution in [-0.2, 0) is 0 Å². The molecule has 0 aliphatic carbocycles. The van der Waals surface area contributed by atoms with E-state index >= 15 is 0 Å². The highest BCUT2D eigenvalue weighted by Gasteiger charge is 1.90. The normalized spacial score (nSPS) is 7.90. The van der Waals surface area contributed by atoms with Crippen molar-refractivity contribution >= 4 is 0 Å². The number of pyridine rings is 1. The van der Waals surface area contributed by atoms with Gasteiger partial charge in [-0.2, -0.15) is 0 Å². The summed E-state index contributed by atoms with van der Waals surface area (Å²) < 4.78 is 1.04. The molecular weight excluding hydrogens is 126 g/mol. The van der Waals surface area contributed by atoms with Crippen LogP contribution in [0.2, 0.25) is 0 Å². The molecule has 0 spiro atoms. The van der Waals surface area contributed by atoms with Crippen molar-refractivity contribution in [3.05, 3.63) is 30.1 Å². The molecule has 0 saturated carbocycles. The third-order valence-corrected chi connectivity index (χ3v) is 0.934. The second kappa shape index (κ2) is 4.79. The molecule has 0 bridgehead atoms. The van der Waals surface area contributed by atoms with Gasteiger partial charge in [0.1, 0.15) is 0 Å². The Labute approximate surface area is 61.7 Å². The van der Waals surface area contributed by atoms with E-state index in [1.807, 2.05) is 26.8 Å². The summed E-state index contributed by atoms with van der Waals surface area (Å²) in [6, 6.07) is 3.71. The minimum atomic E-state index is 1.04. The van der Waals surface area contributed by atoms with Crippen LogP contribution in [0, 0.1) is 6.92 Å². The lowest BCUT2D eigenvalue weighted by molar-refractivity contribution is -0.905. The Morgan fingerprint density at radius 2 is 2.00 bits per heavy atom. The molecule has 0 atom stereocenters. The number of nitrogens with zero attached hydrogens (tertiary/aromatic N) is 1. The van der Waals surface area contributed by atoms with Crippen LogP contribution in [0.4, 0.5) is 0 Å². The Kier molecular flexibility index (Phi) is 4.29. The van der Waals surface area contributed by atoms with Crippen molar-refractivity contribution in [2.45, 2.75) is 20.8 Å². The van der Waals surface area contributed by atoms with E-state index in [1.165, 1.54) is 0 Å². The quantitative estimate of drug-likeness (QED) is 0.429. The van der Waals surface area contributed by atoms with E-state index in [4.69, 9.17) is 5.21 Å². The minimum absolute atomic E-state index is 1.04. The van der Waals surface area contributed by atoms with Crippen LogP contribution in [0.1, 0.15) is 19.4 Å². The average Bonchev–Trinajstić information content (AvgIpc) is 1.91. The molecule has 2 nitrogen and oxygen atoms in total. The van der Waals surface area contributed by atoms with Gasteiger partial charge < -0.3 is 0 Å². The van der Waals surface area contributed by atoms with Gasteiger partial charge in [0, 0.05) is 16.4 Å². The second-order valence-electron chi connectivity index (χ2n) is 1.76. The highest BCUT2D eigenvalue weighted by Crippen LogP contribution is 1.86. The molecule has 2 heteroatoms. The fourth-order valence-electron chi connectivity index (χ4n) is 0.578. The fourth-order valence-corrected chi connectivity index (χ4v) is 0.578. The van der Waals surface area contributed by atoms with E-state index in [-0.39, 0.29) is 0 Å². The first-order valence-electron chi connectivity index (χ1n) is 3.46. The maximum Gasteiger partial charge on any atom is 0.225 e. The second-order valence-corrected chi connectivity index (χ2v) is 1.76. The van der Waals surface area contributed by atoms with Crippen LogP contribution in [0.3, 0.4) is 0 Å². The van der Waals surface area contributed by atoms with Gasteiger partial charge in [0.05, 0.1) is 0 Å². The molecule has 10 heavy (non-hydrogen) atoms. The van der Waals surface area contributed by atoms with Gasteiger partial charge in [-0.05, 0) is 13.0 Å². The van der Waals surface area contributed by atoms with Crippen molar-refractivity contribution < 1.29 is 9.94 Å². The zero-order valence-electron chi connectivity index (χ0n) is 6.70. The van der Waals surface area contributed by atoms with Crippen LogP contribution < -0.4 is 4.73 Å². The summed E-state index contributed by atoms with van der Waals surface area (Å²) in [6.07, 6.45) is 3.22. The van der Waals surface area contributed by atoms with Crippen molar-refractivity contribution in [1.29, 1.82) is 0 Å². The first-order valence-corrected chi connectivity index (χ1v) is 3.46. The van der Waals surface area contributed by atoms with Crippen molar-refractivity contribution in [3.63, 3.8) is 0 Å². The van der Waals surface area contributed by atoms with E-state index < -0.39 is 0 Å². The third-order valence-electron chi connectivity index (χ3n) is 0.934. The topological polar surface area (TPSA) is 24.1 Å². The molecular formula is C8H14NO+. The molecule has 1 rings (SSSR count). The predicted octanol–water partition coefficient (Wildman–Crippen LogP) is 1.55. The van der Waals surface area contributed by atoms with Gasteiger partial charge in [-0.15, -0.1) is 0 Å². The summed E-state index contributed by atoms with van der Waals surface area (Å²) in [5, 5.41) is 8.73. The smallest absolute Gasteiger partial charge is 0.225 e. The maximum absolute atomic E-state index is 8.73. The van der Waals surface area contributed by atoms with Crippen molar-refractivity contribution in [2.75, 3.05) is 0 Å². The summed E-state index contributed by atoms with van der Waals surface area (Å²) in [5.74, 6) is 0. The largest absolute Gasteiger partial charge is 0.285 e. The molecule has 0 saturated heterocycles. The first kappa shape index (κ1) is 8.95. The molecule has 1 N–H and O–H groups in total. The predicted molar refractivity (Wildman–Crippen MR) is 39.9 cm³/mol. The van der Waals surface area contributed by atoms with Crippen molar-refractivity contribution in [2.24, 2.45) is 0 Å². The molecule has 0 unspecified atom stereocenters. The van der Waals surface area contributed by atoms with E-state index in [9.17, 15) is 0 Å². The Hall–Kier alpha value is -1.05. The van der Waals surface area contributed by atoms with E-state index in [0.717, 1.165) is 10.3 Å². The van der Waals surface area contributed by atoms with E-state index in [0.29, 0.717) is 0 Å². The minimum Gasteiger partial charge on any atom is -0.285 e. The summed E-state index contributed by atoms with van der Waals surface area (Å²) in [4.78, 5) is 0. The lowest BCUT2D eigenvalue weighted by atomic mass is 10.3. The Balaban J connectivity index is 0.000000371. The highest BCUT2D eigenvalue weighted by molar-refractivity contribution is 5.00. The van der Waals surface area contributed by atoms with E-state index in [1.54, 1.807) is 18.5 Å². The number of aromatic nitrogens is 1. The monoisotopic (exact) mass is 140 g/mol. The van der Waals surface area contributed by atoms with Gasteiger partial charge in [0.15, 0.2) is 0 Å². The van der Waals surface area contributed by atoms with Crippen LogP contribution in [0.15, 0.2) is 24.5 Å². The molecule has 0 radical (unpaired) electrons. The van der Waals surface area contributed by atoms with Crippen molar-refractivity contribution in [1.82, 2.24) is 0 Å². The lowest BCUT2D eigenvalue weighted by Gasteiger charge is -1.82. The molecule has 0 fully saturated rings. The summed E-state index contributed by atoms with van der Waals surface area (Å²) in [7, 11) is 0. The van der Waals surface area contributed by atoms with Crippen molar-refractivity contribution in [3.8, 4) is 0 Å². The molecule has 0 aromatic carbocycles.